The monoisotopic (exact) mass is 300 g/mol. The van der Waals surface area contributed by atoms with Crippen molar-refractivity contribution in [1.29, 1.82) is 0 Å². The van der Waals surface area contributed by atoms with Gasteiger partial charge in [0.25, 0.3) is 0 Å². The fourth-order valence-corrected chi connectivity index (χ4v) is 2.87. The van der Waals surface area contributed by atoms with Gasteiger partial charge in [0.1, 0.15) is 10.4 Å². The van der Waals surface area contributed by atoms with E-state index in [1.165, 1.54) is 17.4 Å². The summed E-state index contributed by atoms with van der Waals surface area (Å²) in [7, 11) is 1.82. The zero-order valence-corrected chi connectivity index (χ0v) is 11.0. The molecule has 0 aliphatic rings. The Bertz CT molecular complexity index is 498. The van der Waals surface area contributed by atoms with Crippen LogP contribution in [0.5, 0.6) is 0 Å². The number of nitrogens with zero attached hydrogens (tertiary/aromatic N) is 1. The molecular formula is C11H10BrFN2S. The van der Waals surface area contributed by atoms with E-state index in [4.69, 9.17) is 0 Å². The van der Waals surface area contributed by atoms with Crippen molar-refractivity contribution < 1.29 is 4.39 Å². The summed E-state index contributed by atoms with van der Waals surface area (Å²) in [6.07, 6.45) is 0.562. The molecule has 0 spiro atoms. The SMILES string of the molecule is CNc1nc(Br)c(Cc2ccccc2F)s1. The number of hydrogen-bond donors (Lipinski definition) is 1. The van der Waals surface area contributed by atoms with E-state index < -0.39 is 0 Å². The number of rotatable bonds is 3. The van der Waals surface area contributed by atoms with Gasteiger partial charge in [0.15, 0.2) is 5.13 Å². The van der Waals surface area contributed by atoms with Crippen molar-refractivity contribution in [2.75, 3.05) is 12.4 Å². The number of hydrogen-bond acceptors (Lipinski definition) is 3. The lowest BCUT2D eigenvalue weighted by molar-refractivity contribution is 0.614. The van der Waals surface area contributed by atoms with E-state index in [0.717, 1.165) is 14.6 Å². The second-order valence-corrected chi connectivity index (χ2v) is 5.09. The van der Waals surface area contributed by atoms with Crippen LogP contribution in [0, 0.1) is 5.82 Å². The van der Waals surface area contributed by atoms with E-state index in [-0.39, 0.29) is 5.82 Å². The number of anilines is 1. The molecule has 2 nitrogen and oxygen atoms in total. The zero-order valence-electron chi connectivity index (χ0n) is 8.63. The van der Waals surface area contributed by atoms with Crippen LogP contribution in [0.3, 0.4) is 0 Å². The van der Waals surface area contributed by atoms with Crippen molar-refractivity contribution in [1.82, 2.24) is 4.98 Å². The molecule has 0 bridgehead atoms. The molecule has 0 unspecified atom stereocenters. The molecule has 0 aliphatic carbocycles. The van der Waals surface area contributed by atoms with Gasteiger partial charge < -0.3 is 5.32 Å². The summed E-state index contributed by atoms with van der Waals surface area (Å²) < 4.78 is 14.2. The number of aromatic nitrogens is 1. The van der Waals surface area contributed by atoms with Crippen LogP contribution in [0.25, 0.3) is 0 Å². The van der Waals surface area contributed by atoms with Crippen molar-refractivity contribution in [2.24, 2.45) is 0 Å². The molecule has 16 heavy (non-hydrogen) atoms. The first-order valence-corrected chi connectivity index (χ1v) is 6.38. The molecule has 0 amide bonds. The highest BCUT2D eigenvalue weighted by atomic mass is 79.9. The van der Waals surface area contributed by atoms with E-state index in [1.807, 2.05) is 13.1 Å². The van der Waals surface area contributed by atoms with Crippen LogP contribution in [0.15, 0.2) is 28.9 Å². The van der Waals surface area contributed by atoms with Crippen LogP contribution in [-0.2, 0) is 6.42 Å². The largest absolute Gasteiger partial charge is 0.365 e. The van der Waals surface area contributed by atoms with Crippen LogP contribution in [-0.4, -0.2) is 12.0 Å². The van der Waals surface area contributed by atoms with Crippen LogP contribution in [0.2, 0.25) is 0 Å². The fraction of sp³-hybridized carbons (Fsp3) is 0.182. The van der Waals surface area contributed by atoms with Crippen LogP contribution in [0.4, 0.5) is 9.52 Å². The first-order chi connectivity index (χ1) is 7.70. The molecule has 1 heterocycles. The summed E-state index contributed by atoms with van der Waals surface area (Å²) >= 11 is 4.90. The Morgan fingerprint density at radius 2 is 2.19 bits per heavy atom. The number of nitrogens with one attached hydrogen (secondary N) is 1. The summed E-state index contributed by atoms with van der Waals surface area (Å²) in [6.45, 7) is 0. The average Bonchev–Trinajstić information content (AvgIpc) is 2.63. The first kappa shape index (κ1) is 11.5. The fourth-order valence-electron chi connectivity index (χ4n) is 1.36. The van der Waals surface area contributed by atoms with E-state index in [2.05, 4.69) is 26.2 Å². The van der Waals surface area contributed by atoms with Gasteiger partial charge in [-0.3, -0.25) is 0 Å². The van der Waals surface area contributed by atoms with Crippen molar-refractivity contribution in [2.45, 2.75) is 6.42 Å². The summed E-state index contributed by atoms with van der Waals surface area (Å²) in [4.78, 5) is 5.28. The summed E-state index contributed by atoms with van der Waals surface area (Å²) in [5.74, 6) is -0.172. The molecule has 2 aromatic rings. The second-order valence-electron chi connectivity index (χ2n) is 3.25. The molecule has 1 N–H and O–H groups in total. The van der Waals surface area contributed by atoms with Gasteiger partial charge in [-0.05, 0) is 27.6 Å². The third-order valence-electron chi connectivity index (χ3n) is 2.17. The predicted octanol–water partition coefficient (Wildman–Crippen LogP) is 3.68. The molecule has 1 aromatic carbocycles. The van der Waals surface area contributed by atoms with Crippen molar-refractivity contribution in [3.63, 3.8) is 0 Å². The van der Waals surface area contributed by atoms with Gasteiger partial charge in [0.05, 0.1) is 0 Å². The smallest absolute Gasteiger partial charge is 0.183 e. The average molecular weight is 301 g/mol. The van der Waals surface area contributed by atoms with Crippen molar-refractivity contribution in [3.05, 3.63) is 45.1 Å². The minimum absolute atomic E-state index is 0.172. The molecule has 84 valence electrons. The first-order valence-electron chi connectivity index (χ1n) is 4.77. The summed E-state index contributed by atoms with van der Waals surface area (Å²) in [5.41, 5.74) is 0.689. The quantitative estimate of drug-likeness (QED) is 0.935. The maximum absolute atomic E-state index is 13.4. The van der Waals surface area contributed by atoms with Crippen LogP contribution >= 0.6 is 27.3 Å². The Morgan fingerprint density at radius 3 is 2.81 bits per heavy atom. The van der Waals surface area contributed by atoms with Gasteiger partial charge in [-0.15, -0.1) is 11.3 Å². The second kappa shape index (κ2) is 4.93. The molecular weight excluding hydrogens is 291 g/mol. The van der Waals surface area contributed by atoms with Gasteiger partial charge in [-0.25, -0.2) is 9.37 Å². The highest BCUT2D eigenvalue weighted by Gasteiger charge is 2.10. The van der Waals surface area contributed by atoms with Gasteiger partial charge in [-0.1, -0.05) is 18.2 Å². The molecule has 0 radical (unpaired) electrons. The lowest BCUT2D eigenvalue weighted by Crippen LogP contribution is -1.90. The minimum Gasteiger partial charge on any atom is -0.365 e. The van der Waals surface area contributed by atoms with Crippen LogP contribution < -0.4 is 5.32 Å². The third-order valence-corrected chi connectivity index (χ3v) is 4.16. The van der Waals surface area contributed by atoms with Gasteiger partial charge in [0, 0.05) is 18.3 Å². The number of thiazole rings is 1. The molecule has 0 atom stereocenters. The van der Waals surface area contributed by atoms with Gasteiger partial charge >= 0.3 is 0 Å². The zero-order chi connectivity index (χ0) is 11.5. The van der Waals surface area contributed by atoms with E-state index in [9.17, 15) is 4.39 Å². The predicted molar refractivity (Wildman–Crippen MR) is 68.6 cm³/mol. The Balaban J connectivity index is 2.27. The molecule has 0 fully saturated rings. The third kappa shape index (κ3) is 2.41. The van der Waals surface area contributed by atoms with E-state index in [0.29, 0.717) is 12.0 Å². The topological polar surface area (TPSA) is 24.9 Å². The molecule has 1 aromatic heterocycles. The van der Waals surface area contributed by atoms with E-state index >= 15 is 0 Å². The number of halogens is 2. The lowest BCUT2D eigenvalue weighted by Gasteiger charge is -2.00. The maximum atomic E-state index is 13.4. The van der Waals surface area contributed by atoms with E-state index in [1.54, 1.807) is 12.1 Å². The summed E-state index contributed by atoms with van der Waals surface area (Å²) in [5, 5.41) is 3.80. The van der Waals surface area contributed by atoms with Crippen molar-refractivity contribution in [3.8, 4) is 0 Å². The maximum Gasteiger partial charge on any atom is 0.183 e. The molecule has 0 aliphatic heterocycles. The van der Waals surface area contributed by atoms with Crippen LogP contribution in [0.1, 0.15) is 10.4 Å². The highest BCUT2D eigenvalue weighted by molar-refractivity contribution is 9.10. The summed E-state index contributed by atoms with van der Waals surface area (Å²) in [6, 6.07) is 6.80. The molecule has 0 saturated carbocycles. The lowest BCUT2D eigenvalue weighted by atomic mass is 10.1. The molecule has 0 saturated heterocycles. The van der Waals surface area contributed by atoms with Gasteiger partial charge in [0.2, 0.25) is 0 Å². The number of benzene rings is 1. The highest BCUT2D eigenvalue weighted by Crippen LogP contribution is 2.29. The standard InChI is InChI=1S/C11H10BrFN2S/c1-14-11-15-10(12)9(16-11)6-7-4-2-3-5-8(7)13/h2-5H,6H2,1H3,(H,14,15). The molecule has 2 rings (SSSR count). The Kier molecular flexibility index (Phi) is 3.56. The Labute approximate surface area is 106 Å². The normalized spacial score (nSPS) is 10.4. The van der Waals surface area contributed by atoms with Gasteiger partial charge in [-0.2, -0.15) is 0 Å². The van der Waals surface area contributed by atoms with Crippen molar-refractivity contribution >= 4 is 32.4 Å². The molecule has 5 heteroatoms. The Hall–Kier alpha value is -0.940. The minimum atomic E-state index is -0.172. The Morgan fingerprint density at radius 1 is 1.44 bits per heavy atom.